The van der Waals surface area contributed by atoms with Crippen molar-refractivity contribution in [2.75, 3.05) is 12.8 Å². The average Bonchev–Trinajstić information content (AvgIpc) is 2.81. The monoisotopic (exact) mass is 217 g/mol. The van der Waals surface area contributed by atoms with Crippen LogP contribution in [0.15, 0.2) is 41.0 Å². The Hall–Kier alpha value is -2.23. The molecule has 0 amide bonds. The van der Waals surface area contributed by atoms with Gasteiger partial charge in [0.15, 0.2) is 0 Å². The van der Waals surface area contributed by atoms with Crippen molar-refractivity contribution in [1.29, 1.82) is 0 Å². The van der Waals surface area contributed by atoms with Crippen molar-refractivity contribution in [1.82, 2.24) is 0 Å². The molecule has 82 valence electrons. The lowest BCUT2D eigenvalue weighted by molar-refractivity contribution is 0.0601. The standard InChI is InChI=1S/C12H11NO3/c1-15-12(14)10-7-8(13)4-5-9(10)11-3-2-6-16-11/h2-7H,13H2,1H3. The van der Waals surface area contributed by atoms with Gasteiger partial charge >= 0.3 is 5.97 Å². The molecule has 0 aliphatic heterocycles. The number of esters is 1. The van der Waals surface area contributed by atoms with Gasteiger partial charge in [-0.05, 0) is 30.3 Å². The normalized spacial score (nSPS) is 10.1. The first-order valence-corrected chi connectivity index (χ1v) is 4.74. The highest BCUT2D eigenvalue weighted by Crippen LogP contribution is 2.26. The van der Waals surface area contributed by atoms with E-state index in [-0.39, 0.29) is 0 Å². The van der Waals surface area contributed by atoms with Crippen molar-refractivity contribution in [2.45, 2.75) is 0 Å². The van der Waals surface area contributed by atoms with Crippen LogP contribution in [0.3, 0.4) is 0 Å². The van der Waals surface area contributed by atoms with Crippen LogP contribution in [0.2, 0.25) is 0 Å². The number of ether oxygens (including phenoxy) is 1. The first-order chi connectivity index (χ1) is 7.72. The minimum absolute atomic E-state index is 0.400. The maximum atomic E-state index is 11.6. The molecular formula is C12H11NO3. The van der Waals surface area contributed by atoms with E-state index in [0.29, 0.717) is 22.6 Å². The molecule has 0 radical (unpaired) electrons. The molecule has 0 unspecified atom stereocenters. The van der Waals surface area contributed by atoms with Crippen LogP contribution in [-0.4, -0.2) is 13.1 Å². The fourth-order valence-corrected chi connectivity index (χ4v) is 1.49. The lowest BCUT2D eigenvalue weighted by atomic mass is 10.0. The van der Waals surface area contributed by atoms with E-state index < -0.39 is 5.97 Å². The number of furan rings is 1. The van der Waals surface area contributed by atoms with E-state index in [2.05, 4.69) is 0 Å². The summed E-state index contributed by atoms with van der Waals surface area (Å²) in [6, 6.07) is 8.55. The molecule has 0 saturated carbocycles. The van der Waals surface area contributed by atoms with Crippen LogP contribution in [0.5, 0.6) is 0 Å². The van der Waals surface area contributed by atoms with E-state index in [1.54, 1.807) is 36.6 Å². The van der Waals surface area contributed by atoms with Gasteiger partial charge < -0.3 is 14.9 Å². The minimum Gasteiger partial charge on any atom is -0.465 e. The molecule has 0 spiro atoms. The fourth-order valence-electron chi connectivity index (χ4n) is 1.49. The Balaban J connectivity index is 2.57. The van der Waals surface area contributed by atoms with Gasteiger partial charge in [0.25, 0.3) is 0 Å². The Bertz CT molecular complexity index is 503. The molecule has 0 atom stereocenters. The molecule has 2 N–H and O–H groups in total. The van der Waals surface area contributed by atoms with Gasteiger partial charge in [0, 0.05) is 11.3 Å². The van der Waals surface area contributed by atoms with Gasteiger partial charge in [-0.15, -0.1) is 0 Å². The average molecular weight is 217 g/mol. The second-order valence-electron chi connectivity index (χ2n) is 3.27. The maximum absolute atomic E-state index is 11.6. The molecule has 1 heterocycles. The molecule has 0 saturated heterocycles. The third-order valence-electron chi connectivity index (χ3n) is 2.24. The Morgan fingerprint density at radius 2 is 2.19 bits per heavy atom. The van der Waals surface area contributed by atoms with Crippen LogP contribution >= 0.6 is 0 Å². The zero-order valence-electron chi connectivity index (χ0n) is 8.77. The first kappa shape index (κ1) is 10.3. The highest BCUT2D eigenvalue weighted by molar-refractivity contribution is 5.97. The van der Waals surface area contributed by atoms with Gasteiger partial charge in [-0.3, -0.25) is 0 Å². The Kier molecular flexibility index (Phi) is 2.64. The van der Waals surface area contributed by atoms with Crippen LogP contribution < -0.4 is 5.73 Å². The van der Waals surface area contributed by atoms with Gasteiger partial charge in [0.05, 0.1) is 18.9 Å². The van der Waals surface area contributed by atoms with Crippen molar-refractivity contribution in [3.63, 3.8) is 0 Å². The summed E-state index contributed by atoms with van der Waals surface area (Å²) in [7, 11) is 1.33. The molecule has 2 aromatic rings. The van der Waals surface area contributed by atoms with Crippen molar-refractivity contribution in [3.8, 4) is 11.3 Å². The summed E-state index contributed by atoms with van der Waals surface area (Å²) in [6.07, 6.45) is 1.55. The topological polar surface area (TPSA) is 65.5 Å². The lowest BCUT2D eigenvalue weighted by Crippen LogP contribution is -2.04. The van der Waals surface area contributed by atoms with E-state index >= 15 is 0 Å². The minimum atomic E-state index is -0.432. The molecule has 1 aromatic heterocycles. The summed E-state index contributed by atoms with van der Waals surface area (Å²) in [5.74, 6) is 0.180. The SMILES string of the molecule is COC(=O)c1cc(N)ccc1-c1ccco1. The third-order valence-corrected chi connectivity index (χ3v) is 2.24. The van der Waals surface area contributed by atoms with E-state index in [9.17, 15) is 4.79 Å². The number of rotatable bonds is 2. The van der Waals surface area contributed by atoms with E-state index in [1.807, 2.05) is 0 Å². The van der Waals surface area contributed by atoms with Gasteiger partial charge in [0.2, 0.25) is 0 Å². The van der Waals surface area contributed by atoms with E-state index in [1.165, 1.54) is 7.11 Å². The van der Waals surface area contributed by atoms with Gasteiger partial charge in [-0.25, -0.2) is 4.79 Å². The van der Waals surface area contributed by atoms with Crippen molar-refractivity contribution >= 4 is 11.7 Å². The Labute approximate surface area is 92.6 Å². The highest BCUT2D eigenvalue weighted by Gasteiger charge is 2.15. The molecule has 0 bridgehead atoms. The molecule has 16 heavy (non-hydrogen) atoms. The number of anilines is 1. The molecular weight excluding hydrogens is 206 g/mol. The smallest absolute Gasteiger partial charge is 0.338 e. The highest BCUT2D eigenvalue weighted by atomic mass is 16.5. The van der Waals surface area contributed by atoms with Crippen molar-refractivity contribution < 1.29 is 13.9 Å². The zero-order valence-corrected chi connectivity index (χ0v) is 8.77. The number of nitrogens with two attached hydrogens (primary N) is 1. The number of benzene rings is 1. The van der Waals surface area contributed by atoms with Crippen LogP contribution in [0.1, 0.15) is 10.4 Å². The predicted octanol–water partition coefficient (Wildman–Crippen LogP) is 2.32. The molecule has 4 heteroatoms. The maximum Gasteiger partial charge on any atom is 0.338 e. The molecule has 0 fully saturated rings. The summed E-state index contributed by atoms with van der Waals surface area (Å²) >= 11 is 0. The lowest BCUT2D eigenvalue weighted by Gasteiger charge is -2.06. The number of methoxy groups -OCH3 is 1. The summed E-state index contributed by atoms with van der Waals surface area (Å²) in [6.45, 7) is 0. The fraction of sp³-hybridized carbons (Fsp3) is 0.0833. The number of hydrogen-bond donors (Lipinski definition) is 1. The van der Waals surface area contributed by atoms with Crippen LogP contribution in [0.4, 0.5) is 5.69 Å². The second-order valence-corrected chi connectivity index (χ2v) is 3.27. The zero-order chi connectivity index (χ0) is 11.5. The van der Waals surface area contributed by atoms with Crippen LogP contribution in [0.25, 0.3) is 11.3 Å². The van der Waals surface area contributed by atoms with Crippen molar-refractivity contribution in [3.05, 3.63) is 42.2 Å². The summed E-state index contributed by atoms with van der Waals surface area (Å²) < 4.78 is 9.94. The van der Waals surface area contributed by atoms with Gasteiger partial charge in [-0.1, -0.05) is 0 Å². The summed E-state index contributed by atoms with van der Waals surface area (Å²) in [5.41, 5.74) is 7.22. The van der Waals surface area contributed by atoms with Crippen molar-refractivity contribution in [2.24, 2.45) is 0 Å². The molecule has 1 aromatic carbocycles. The van der Waals surface area contributed by atoms with E-state index in [0.717, 1.165) is 0 Å². The van der Waals surface area contributed by atoms with Gasteiger partial charge in [0.1, 0.15) is 5.76 Å². The molecule has 4 nitrogen and oxygen atoms in total. The third kappa shape index (κ3) is 1.77. The van der Waals surface area contributed by atoms with Crippen LogP contribution in [0, 0.1) is 0 Å². The second kappa shape index (κ2) is 4.10. The van der Waals surface area contributed by atoms with E-state index in [4.69, 9.17) is 14.9 Å². The summed E-state index contributed by atoms with van der Waals surface area (Å²) in [5, 5.41) is 0. The Morgan fingerprint density at radius 3 is 2.81 bits per heavy atom. The largest absolute Gasteiger partial charge is 0.465 e. The molecule has 0 aliphatic rings. The summed E-state index contributed by atoms with van der Waals surface area (Å²) in [4.78, 5) is 11.6. The quantitative estimate of drug-likeness (QED) is 0.619. The first-order valence-electron chi connectivity index (χ1n) is 4.74. The number of hydrogen-bond acceptors (Lipinski definition) is 4. The molecule has 0 aliphatic carbocycles. The number of carbonyl (C=O) groups is 1. The number of carbonyl (C=O) groups excluding carboxylic acids is 1. The number of nitrogen functional groups attached to an aromatic ring is 1. The Morgan fingerprint density at radius 1 is 1.38 bits per heavy atom. The predicted molar refractivity (Wildman–Crippen MR) is 59.9 cm³/mol. The van der Waals surface area contributed by atoms with Crippen LogP contribution in [-0.2, 0) is 4.74 Å². The van der Waals surface area contributed by atoms with Gasteiger partial charge in [-0.2, -0.15) is 0 Å². The molecule has 2 rings (SSSR count).